The van der Waals surface area contributed by atoms with Gasteiger partial charge in [-0.3, -0.25) is 0 Å². The van der Waals surface area contributed by atoms with Crippen LogP contribution < -0.4 is 0 Å². The minimum atomic E-state index is 0.0669. The van der Waals surface area contributed by atoms with E-state index in [1.165, 1.54) is 0 Å². The van der Waals surface area contributed by atoms with Gasteiger partial charge in [0, 0.05) is 27.1 Å². The van der Waals surface area contributed by atoms with E-state index in [1.54, 1.807) is 19.0 Å². The molecular weight excluding hydrogens is 343 g/mol. The number of carbonyl (C=O) groups excluding carboxylic acids is 1. The number of amides is 2. The summed E-state index contributed by atoms with van der Waals surface area (Å²) in [5.74, 6) is 0.960. The van der Waals surface area contributed by atoms with Gasteiger partial charge in [-0.25, -0.2) is 4.79 Å². The summed E-state index contributed by atoms with van der Waals surface area (Å²) in [6.07, 6.45) is 8.24. The molecule has 1 unspecified atom stereocenters. The molecule has 2 rings (SSSR count). The maximum absolute atomic E-state index is 11.8. The number of hydrogen-bond acceptors (Lipinski definition) is 2. The van der Waals surface area contributed by atoms with Crippen LogP contribution in [-0.2, 0) is 4.74 Å². The molecule has 1 atom stereocenters. The van der Waals surface area contributed by atoms with Crippen molar-refractivity contribution < 1.29 is 9.53 Å². The zero-order chi connectivity index (χ0) is 13.1. The van der Waals surface area contributed by atoms with Crippen LogP contribution in [0.5, 0.6) is 0 Å². The van der Waals surface area contributed by atoms with Gasteiger partial charge in [0.15, 0.2) is 0 Å². The SMILES string of the molecule is CN(C)C(=O)N1CCC(OC2=CC[CH]C=C2I)C1. The minimum absolute atomic E-state index is 0.0669. The van der Waals surface area contributed by atoms with Crippen LogP contribution in [0.1, 0.15) is 12.8 Å². The third-order valence-electron chi connectivity index (χ3n) is 3.03. The molecule has 2 amide bonds. The van der Waals surface area contributed by atoms with Gasteiger partial charge in [0.25, 0.3) is 0 Å². The smallest absolute Gasteiger partial charge is 0.319 e. The molecule has 0 spiro atoms. The van der Waals surface area contributed by atoms with Crippen LogP contribution in [0.15, 0.2) is 21.5 Å². The molecule has 1 saturated heterocycles. The van der Waals surface area contributed by atoms with E-state index in [2.05, 4.69) is 41.2 Å². The molecule has 1 aliphatic carbocycles. The summed E-state index contributed by atoms with van der Waals surface area (Å²) in [4.78, 5) is 15.3. The number of nitrogens with zero attached hydrogens (tertiary/aromatic N) is 2. The fourth-order valence-corrected chi connectivity index (χ4v) is 2.69. The van der Waals surface area contributed by atoms with Crippen molar-refractivity contribution in [2.45, 2.75) is 18.9 Å². The van der Waals surface area contributed by atoms with Gasteiger partial charge in [-0.2, -0.15) is 0 Å². The van der Waals surface area contributed by atoms with Gasteiger partial charge in [-0.15, -0.1) is 0 Å². The average molecular weight is 361 g/mol. The number of carbonyl (C=O) groups is 1. The van der Waals surface area contributed by atoms with Gasteiger partial charge in [0.1, 0.15) is 11.9 Å². The van der Waals surface area contributed by atoms with E-state index >= 15 is 0 Å². The fourth-order valence-electron chi connectivity index (χ4n) is 2.09. The summed E-state index contributed by atoms with van der Waals surface area (Å²) in [5, 5.41) is 0. The Morgan fingerprint density at radius 2 is 2.33 bits per heavy atom. The summed E-state index contributed by atoms with van der Waals surface area (Å²) >= 11 is 2.28. The highest BCUT2D eigenvalue weighted by Gasteiger charge is 2.29. The minimum Gasteiger partial charge on any atom is -0.488 e. The molecule has 1 heterocycles. The lowest BCUT2D eigenvalue weighted by molar-refractivity contribution is 0.125. The van der Waals surface area contributed by atoms with Crippen molar-refractivity contribution in [3.63, 3.8) is 0 Å². The molecule has 0 aromatic rings. The van der Waals surface area contributed by atoms with Gasteiger partial charge in [-0.1, -0.05) is 6.08 Å². The quantitative estimate of drug-likeness (QED) is 0.709. The molecule has 1 radical (unpaired) electrons. The zero-order valence-electron chi connectivity index (χ0n) is 10.7. The fraction of sp³-hybridized carbons (Fsp3) is 0.538. The van der Waals surface area contributed by atoms with Crippen molar-refractivity contribution in [2.75, 3.05) is 27.2 Å². The average Bonchev–Trinajstić information content (AvgIpc) is 2.79. The molecule has 0 aromatic heterocycles. The van der Waals surface area contributed by atoms with Gasteiger partial charge >= 0.3 is 6.03 Å². The summed E-state index contributed by atoms with van der Waals surface area (Å²) in [6, 6.07) is 0.0669. The van der Waals surface area contributed by atoms with E-state index in [0.717, 1.165) is 28.7 Å². The van der Waals surface area contributed by atoms with Crippen molar-refractivity contribution in [1.82, 2.24) is 9.80 Å². The summed E-state index contributed by atoms with van der Waals surface area (Å²) < 4.78 is 7.11. The third-order valence-corrected chi connectivity index (χ3v) is 3.92. The monoisotopic (exact) mass is 361 g/mol. The van der Waals surface area contributed by atoms with E-state index in [-0.39, 0.29) is 12.1 Å². The Bertz CT molecular complexity index is 390. The molecule has 0 bridgehead atoms. The second-order valence-electron chi connectivity index (χ2n) is 4.71. The predicted molar refractivity (Wildman–Crippen MR) is 79.2 cm³/mol. The predicted octanol–water partition coefficient (Wildman–Crippen LogP) is 2.57. The highest BCUT2D eigenvalue weighted by atomic mass is 127. The molecule has 1 aliphatic heterocycles. The zero-order valence-corrected chi connectivity index (χ0v) is 12.9. The van der Waals surface area contributed by atoms with E-state index in [1.807, 2.05) is 4.90 Å². The first-order chi connectivity index (χ1) is 8.58. The Hall–Kier alpha value is -0.720. The van der Waals surface area contributed by atoms with E-state index < -0.39 is 0 Å². The van der Waals surface area contributed by atoms with Crippen LogP contribution in [0.3, 0.4) is 0 Å². The lowest BCUT2D eigenvalue weighted by Gasteiger charge is -2.22. The Labute approximate surface area is 122 Å². The van der Waals surface area contributed by atoms with Crippen molar-refractivity contribution in [2.24, 2.45) is 0 Å². The van der Waals surface area contributed by atoms with Crippen LogP contribution in [0.2, 0.25) is 0 Å². The molecular formula is C13H18IN2O2. The van der Waals surface area contributed by atoms with E-state index in [9.17, 15) is 4.79 Å². The molecule has 2 aliphatic rings. The van der Waals surface area contributed by atoms with Crippen LogP contribution in [0.4, 0.5) is 4.79 Å². The first-order valence-corrected chi connectivity index (χ1v) is 7.18. The number of hydrogen-bond donors (Lipinski definition) is 0. The van der Waals surface area contributed by atoms with Gasteiger partial charge in [0.2, 0.25) is 0 Å². The Morgan fingerprint density at radius 1 is 1.56 bits per heavy atom. The largest absolute Gasteiger partial charge is 0.488 e. The number of halogens is 1. The lowest BCUT2D eigenvalue weighted by Crippen LogP contribution is -2.38. The Balaban J connectivity index is 1.88. The summed E-state index contributed by atoms with van der Waals surface area (Å²) in [5.41, 5.74) is 0. The second-order valence-corrected chi connectivity index (χ2v) is 5.87. The summed E-state index contributed by atoms with van der Waals surface area (Å²) in [6.45, 7) is 1.46. The van der Waals surface area contributed by atoms with Crippen molar-refractivity contribution in [3.05, 3.63) is 27.9 Å². The van der Waals surface area contributed by atoms with Gasteiger partial charge in [0.05, 0.1) is 10.1 Å². The van der Waals surface area contributed by atoms with E-state index in [0.29, 0.717) is 6.54 Å². The standard InChI is InChI=1S/C13H18IN2O2/c1-15(2)13(17)16-8-7-10(9-16)18-12-6-4-3-5-11(12)14/h3,5-6,10H,4,7-9H2,1-2H3. The molecule has 5 heteroatoms. The van der Waals surface area contributed by atoms with Gasteiger partial charge in [-0.05, 0) is 41.5 Å². The van der Waals surface area contributed by atoms with Crippen LogP contribution in [0, 0.1) is 6.42 Å². The molecule has 4 nitrogen and oxygen atoms in total. The molecule has 99 valence electrons. The van der Waals surface area contributed by atoms with Crippen molar-refractivity contribution in [1.29, 1.82) is 0 Å². The van der Waals surface area contributed by atoms with Crippen LogP contribution in [-0.4, -0.2) is 49.1 Å². The molecule has 0 N–H and O–H groups in total. The van der Waals surface area contributed by atoms with E-state index in [4.69, 9.17) is 4.74 Å². The molecule has 1 fully saturated rings. The third kappa shape index (κ3) is 3.18. The number of urea groups is 1. The number of likely N-dealkylation sites (tertiary alicyclic amines) is 1. The second kappa shape index (κ2) is 5.95. The normalized spacial score (nSPS) is 23.5. The topological polar surface area (TPSA) is 32.8 Å². The number of allylic oxidation sites excluding steroid dienone is 3. The Kier molecular flexibility index (Phi) is 4.53. The van der Waals surface area contributed by atoms with Crippen molar-refractivity contribution >= 4 is 28.6 Å². The van der Waals surface area contributed by atoms with Crippen molar-refractivity contribution in [3.8, 4) is 0 Å². The Morgan fingerprint density at radius 3 is 3.00 bits per heavy atom. The summed E-state index contributed by atoms with van der Waals surface area (Å²) in [7, 11) is 3.56. The number of ether oxygens (including phenoxy) is 1. The maximum atomic E-state index is 11.8. The highest BCUT2D eigenvalue weighted by molar-refractivity contribution is 14.1. The molecule has 0 saturated carbocycles. The van der Waals surface area contributed by atoms with Gasteiger partial charge < -0.3 is 14.5 Å². The first kappa shape index (κ1) is 13.7. The van der Waals surface area contributed by atoms with Crippen LogP contribution >= 0.6 is 22.6 Å². The number of rotatable bonds is 2. The molecule has 18 heavy (non-hydrogen) atoms. The van der Waals surface area contributed by atoms with Crippen LogP contribution in [0.25, 0.3) is 0 Å². The molecule has 0 aromatic carbocycles. The lowest BCUT2D eigenvalue weighted by atomic mass is 10.2. The first-order valence-electron chi connectivity index (χ1n) is 6.10. The highest BCUT2D eigenvalue weighted by Crippen LogP contribution is 2.28. The maximum Gasteiger partial charge on any atom is 0.319 e.